The highest BCUT2D eigenvalue weighted by atomic mass is 32.1. The Morgan fingerprint density at radius 1 is 1.04 bits per heavy atom. The number of hydrogen-bond acceptors (Lipinski definition) is 5. The molecule has 0 saturated carbocycles. The molecule has 6 nitrogen and oxygen atoms in total. The van der Waals surface area contributed by atoms with Crippen molar-refractivity contribution in [3.8, 4) is 22.1 Å². The molecule has 25 heavy (non-hydrogen) atoms. The second kappa shape index (κ2) is 5.69. The van der Waals surface area contributed by atoms with Gasteiger partial charge >= 0.3 is 0 Å². The molecule has 1 aromatic carbocycles. The van der Waals surface area contributed by atoms with Gasteiger partial charge in [-0.1, -0.05) is 25.2 Å². The molecule has 3 aromatic heterocycles. The number of hydrogen-bond donors (Lipinski definition) is 0. The summed E-state index contributed by atoms with van der Waals surface area (Å²) in [5.74, 6) is -1.16. The molecule has 4 aromatic rings. The quantitative estimate of drug-likeness (QED) is 0.559. The Morgan fingerprint density at radius 3 is 2.52 bits per heavy atom. The van der Waals surface area contributed by atoms with Gasteiger partial charge in [-0.3, -0.25) is 4.68 Å². The Hall–Kier alpha value is -2.68. The van der Waals surface area contributed by atoms with Crippen molar-refractivity contribution in [3.63, 3.8) is 0 Å². The van der Waals surface area contributed by atoms with Gasteiger partial charge in [0, 0.05) is 12.6 Å². The van der Waals surface area contributed by atoms with Gasteiger partial charge in [0.15, 0.2) is 22.5 Å². The molecule has 0 aliphatic heterocycles. The van der Waals surface area contributed by atoms with Crippen LogP contribution in [0.25, 0.3) is 27.1 Å². The Morgan fingerprint density at radius 2 is 1.84 bits per heavy atom. The van der Waals surface area contributed by atoms with Crippen molar-refractivity contribution in [2.45, 2.75) is 19.8 Å². The lowest BCUT2D eigenvalue weighted by atomic mass is 10.1. The van der Waals surface area contributed by atoms with E-state index < -0.39 is 11.6 Å². The van der Waals surface area contributed by atoms with E-state index in [1.807, 2.05) is 13.1 Å². The number of aryl methyl sites for hydroxylation is 1. The monoisotopic (exact) mass is 360 g/mol. The van der Waals surface area contributed by atoms with Gasteiger partial charge in [-0.25, -0.2) is 8.78 Å². The highest BCUT2D eigenvalue weighted by Gasteiger charge is 2.18. The van der Waals surface area contributed by atoms with Crippen molar-refractivity contribution in [2.75, 3.05) is 0 Å². The minimum Gasteiger partial charge on any atom is -0.265 e. The van der Waals surface area contributed by atoms with Gasteiger partial charge in [-0.15, -0.1) is 10.2 Å². The van der Waals surface area contributed by atoms with Crippen molar-refractivity contribution >= 4 is 16.3 Å². The van der Waals surface area contributed by atoms with Crippen molar-refractivity contribution in [2.24, 2.45) is 7.05 Å². The highest BCUT2D eigenvalue weighted by molar-refractivity contribution is 7.19. The first kappa shape index (κ1) is 15.8. The fraction of sp³-hybridized carbons (Fsp3) is 0.250. The van der Waals surface area contributed by atoms with Crippen LogP contribution in [0.15, 0.2) is 24.3 Å². The molecule has 0 atom stereocenters. The number of nitrogens with zero attached hydrogens (tertiary/aromatic N) is 6. The van der Waals surface area contributed by atoms with Crippen LogP contribution < -0.4 is 0 Å². The van der Waals surface area contributed by atoms with Gasteiger partial charge < -0.3 is 0 Å². The van der Waals surface area contributed by atoms with Gasteiger partial charge in [0.1, 0.15) is 0 Å². The van der Waals surface area contributed by atoms with Gasteiger partial charge in [0.05, 0.1) is 11.4 Å². The number of rotatable bonds is 3. The molecule has 4 rings (SSSR count). The molecule has 0 aliphatic rings. The normalized spacial score (nSPS) is 11.8. The number of aromatic nitrogens is 6. The summed E-state index contributed by atoms with van der Waals surface area (Å²) in [6.45, 7) is 4.15. The van der Waals surface area contributed by atoms with E-state index in [4.69, 9.17) is 0 Å². The first-order chi connectivity index (χ1) is 11.9. The fourth-order valence-corrected chi connectivity index (χ4v) is 3.39. The molecule has 0 fully saturated rings. The van der Waals surface area contributed by atoms with Gasteiger partial charge in [0.2, 0.25) is 4.96 Å². The van der Waals surface area contributed by atoms with E-state index in [9.17, 15) is 8.78 Å². The van der Waals surface area contributed by atoms with Crippen LogP contribution in [-0.2, 0) is 7.05 Å². The maximum absolute atomic E-state index is 13.5. The smallest absolute Gasteiger partial charge is 0.235 e. The van der Waals surface area contributed by atoms with E-state index in [-0.39, 0.29) is 0 Å². The van der Waals surface area contributed by atoms with Crippen LogP contribution in [0.5, 0.6) is 0 Å². The molecule has 0 unspecified atom stereocenters. The fourth-order valence-electron chi connectivity index (χ4n) is 2.51. The summed E-state index contributed by atoms with van der Waals surface area (Å²) in [5.41, 5.74) is 2.26. The molecule has 0 radical (unpaired) electrons. The van der Waals surface area contributed by atoms with Crippen molar-refractivity contribution in [1.82, 2.24) is 29.6 Å². The first-order valence-electron chi connectivity index (χ1n) is 7.66. The average molecular weight is 360 g/mol. The number of benzene rings is 1. The molecule has 0 saturated heterocycles. The predicted octanol–water partition coefficient (Wildman–Crippen LogP) is 3.65. The lowest BCUT2D eigenvalue weighted by Gasteiger charge is -1.98. The summed E-state index contributed by atoms with van der Waals surface area (Å²) >= 11 is 1.36. The average Bonchev–Trinajstić information content (AvgIpc) is 3.23. The van der Waals surface area contributed by atoms with Crippen LogP contribution in [0, 0.1) is 11.6 Å². The molecule has 9 heteroatoms. The lowest BCUT2D eigenvalue weighted by Crippen LogP contribution is -1.96. The Balaban J connectivity index is 1.82. The van der Waals surface area contributed by atoms with Gasteiger partial charge in [-0.2, -0.15) is 14.7 Å². The zero-order valence-corrected chi connectivity index (χ0v) is 14.6. The molecule has 0 spiro atoms. The SMILES string of the molecule is CC(C)c1cc(-c2nn3c(-c4ccc(F)c(F)c4)nnc3s2)n(C)n1. The van der Waals surface area contributed by atoms with Crippen LogP contribution in [-0.4, -0.2) is 29.6 Å². The Labute approximate surface area is 145 Å². The summed E-state index contributed by atoms with van der Waals surface area (Å²) in [6.07, 6.45) is 0. The van der Waals surface area contributed by atoms with Crippen molar-refractivity contribution in [3.05, 3.63) is 41.6 Å². The third-order valence-corrected chi connectivity index (χ3v) is 4.80. The molecular weight excluding hydrogens is 346 g/mol. The van der Waals surface area contributed by atoms with E-state index in [1.54, 1.807) is 4.68 Å². The van der Waals surface area contributed by atoms with Crippen LogP contribution in [0.3, 0.4) is 0 Å². The third kappa shape index (κ3) is 2.60. The topological polar surface area (TPSA) is 60.9 Å². The Bertz CT molecular complexity index is 1080. The van der Waals surface area contributed by atoms with Crippen LogP contribution in [0.4, 0.5) is 8.78 Å². The summed E-state index contributed by atoms with van der Waals surface area (Å²) < 4.78 is 30.0. The molecular formula is C16H14F2N6S. The van der Waals surface area contributed by atoms with Crippen LogP contribution in [0.2, 0.25) is 0 Å². The Kier molecular flexibility index (Phi) is 3.60. The highest BCUT2D eigenvalue weighted by Crippen LogP contribution is 2.29. The van der Waals surface area contributed by atoms with Gasteiger partial charge in [-0.05, 0) is 30.2 Å². The number of halogens is 2. The molecule has 128 valence electrons. The summed E-state index contributed by atoms with van der Waals surface area (Å²) in [4.78, 5) is 0.571. The van der Waals surface area contributed by atoms with E-state index in [1.165, 1.54) is 21.9 Å². The van der Waals surface area contributed by atoms with E-state index >= 15 is 0 Å². The second-order valence-corrected chi connectivity index (χ2v) is 6.94. The summed E-state index contributed by atoms with van der Waals surface area (Å²) in [7, 11) is 1.86. The minimum atomic E-state index is -0.932. The molecule has 0 bridgehead atoms. The summed E-state index contributed by atoms with van der Waals surface area (Å²) in [5, 5.41) is 17.9. The standard InChI is InChI=1S/C16H14F2N6S/c1-8(2)12-7-13(23(3)21-12)15-22-24-14(19-20-16(24)25-15)9-4-5-10(17)11(18)6-9/h4-8H,1-3H3. The predicted molar refractivity (Wildman–Crippen MR) is 90.3 cm³/mol. The molecule has 0 aliphatic carbocycles. The lowest BCUT2D eigenvalue weighted by molar-refractivity contribution is 0.509. The number of fused-ring (bicyclic) bond motifs is 1. The van der Waals surface area contributed by atoms with Gasteiger partial charge in [0.25, 0.3) is 0 Å². The second-order valence-electron chi connectivity index (χ2n) is 5.99. The van der Waals surface area contributed by atoms with Crippen LogP contribution in [0.1, 0.15) is 25.5 Å². The zero-order valence-electron chi connectivity index (χ0n) is 13.7. The van der Waals surface area contributed by atoms with E-state index in [2.05, 4.69) is 34.2 Å². The van der Waals surface area contributed by atoms with Crippen molar-refractivity contribution in [1.29, 1.82) is 0 Å². The maximum Gasteiger partial charge on any atom is 0.235 e. The zero-order chi connectivity index (χ0) is 17.7. The third-order valence-electron chi connectivity index (χ3n) is 3.88. The van der Waals surface area contributed by atoms with E-state index in [0.717, 1.165) is 28.5 Å². The van der Waals surface area contributed by atoms with Crippen LogP contribution >= 0.6 is 11.3 Å². The van der Waals surface area contributed by atoms with E-state index in [0.29, 0.717) is 22.3 Å². The first-order valence-corrected chi connectivity index (χ1v) is 8.47. The minimum absolute atomic E-state index is 0.309. The van der Waals surface area contributed by atoms with Crippen molar-refractivity contribution < 1.29 is 8.78 Å². The molecule has 0 N–H and O–H groups in total. The summed E-state index contributed by atoms with van der Waals surface area (Å²) in [6, 6.07) is 5.60. The molecule has 0 amide bonds. The molecule has 3 heterocycles. The largest absolute Gasteiger partial charge is 0.265 e. The maximum atomic E-state index is 13.5.